The van der Waals surface area contributed by atoms with Crippen LogP contribution in [0.1, 0.15) is 43.4 Å². The summed E-state index contributed by atoms with van der Waals surface area (Å²) in [6.45, 7) is 3.87. The molecule has 4 rings (SSSR count). The van der Waals surface area contributed by atoms with Crippen LogP contribution in [-0.2, 0) is 4.79 Å². The number of piperidine rings is 1. The number of likely N-dealkylation sites (tertiary alicyclic amines) is 1. The van der Waals surface area contributed by atoms with Crippen molar-refractivity contribution in [2.75, 3.05) is 18.4 Å². The predicted molar refractivity (Wildman–Crippen MR) is 93.4 cm³/mol. The minimum Gasteiger partial charge on any atom is -0.326 e. The third-order valence-corrected chi connectivity index (χ3v) is 4.97. The molecule has 1 amide bonds. The second-order valence-electron chi connectivity index (χ2n) is 6.57. The summed E-state index contributed by atoms with van der Waals surface area (Å²) in [7, 11) is 0. The van der Waals surface area contributed by atoms with E-state index in [2.05, 4.69) is 46.6 Å². The molecule has 0 bridgehead atoms. The number of carbonyl (C=O) groups excluding carboxylic acids is 1. The first-order chi connectivity index (χ1) is 11.2. The summed E-state index contributed by atoms with van der Waals surface area (Å²) >= 11 is 0. The third-order valence-electron chi connectivity index (χ3n) is 4.97. The molecule has 1 fully saturated rings. The van der Waals surface area contributed by atoms with E-state index in [-0.39, 0.29) is 5.91 Å². The predicted octanol–water partition coefficient (Wildman–Crippen LogP) is 4.20. The van der Waals surface area contributed by atoms with Gasteiger partial charge >= 0.3 is 0 Å². The van der Waals surface area contributed by atoms with Gasteiger partial charge in [-0.2, -0.15) is 0 Å². The quantitative estimate of drug-likeness (QED) is 0.902. The molecular formula is C20H22N2O. The fourth-order valence-corrected chi connectivity index (χ4v) is 4.03. The molecule has 23 heavy (non-hydrogen) atoms. The largest absolute Gasteiger partial charge is 0.326 e. The first kappa shape index (κ1) is 14.5. The topological polar surface area (TPSA) is 32.3 Å². The van der Waals surface area contributed by atoms with Crippen LogP contribution >= 0.6 is 0 Å². The lowest BCUT2D eigenvalue weighted by molar-refractivity contribution is -0.114. The van der Waals surface area contributed by atoms with Gasteiger partial charge in [-0.1, -0.05) is 36.8 Å². The van der Waals surface area contributed by atoms with Crippen LogP contribution in [0.25, 0.3) is 11.1 Å². The molecule has 0 unspecified atom stereocenters. The molecule has 0 radical (unpaired) electrons. The van der Waals surface area contributed by atoms with Gasteiger partial charge in [-0.15, -0.1) is 0 Å². The highest BCUT2D eigenvalue weighted by molar-refractivity contribution is 5.90. The summed E-state index contributed by atoms with van der Waals surface area (Å²) in [5, 5.41) is 2.93. The summed E-state index contributed by atoms with van der Waals surface area (Å²) in [5.74, 6) is -0.0185. The van der Waals surface area contributed by atoms with Gasteiger partial charge in [0, 0.05) is 12.6 Å². The van der Waals surface area contributed by atoms with E-state index >= 15 is 0 Å². The number of hydrogen-bond acceptors (Lipinski definition) is 2. The fraction of sp³-hybridized carbons (Fsp3) is 0.350. The van der Waals surface area contributed by atoms with E-state index in [1.165, 1.54) is 41.5 Å². The molecule has 1 atom stereocenters. The van der Waals surface area contributed by atoms with Gasteiger partial charge in [0.05, 0.1) is 6.04 Å². The van der Waals surface area contributed by atoms with Gasteiger partial charge in [0.2, 0.25) is 5.91 Å². The van der Waals surface area contributed by atoms with Crippen LogP contribution in [0.3, 0.4) is 0 Å². The van der Waals surface area contributed by atoms with Crippen molar-refractivity contribution in [2.24, 2.45) is 0 Å². The molecule has 3 heteroatoms. The number of rotatable bonds is 2. The highest BCUT2D eigenvalue weighted by atomic mass is 16.1. The molecule has 2 aliphatic rings. The molecule has 118 valence electrons. The number of hydrogen-bond donors (Lipinski definition) is 1. The Hall–Kier alpha value is -2.13. The molecule has 2 aromatic rings. The monoisotopic (exact) mass is 306 g/mol. The van der Waals surface area contributed by atoms with Gasteiger partial charge in [-0.25, -0.2) is 0 Å². The number of amides is 1. The average molecular weight is 306 g/mol. The summed E-state index contributed by atoms with van der Waals surface area (Å²) in [4.78, 5) is 14.0. The molecule has 0 saturated carbocycles. The Morgan fingerprint density at radius 3 is 2.52 bits per heavy atom. The molecule has 1 saturated heterocycles. The summed E-state index contributed by atoms with van der Waals surface area (Å²) in [5.41, 5.74) is 6.28. The lowest BCUT2D eigenvalue weighted by Crippen LogP contribution is -2.33. The minimum absolute atomic E-state index is 0.0185. The molecule has 1 N–H and O–H groups in total. The van der Waals surface area contributed by atoms with Crippen LogP contribution in [0.2, 0.25) is 0 Å². The van der Waals surface area contributed by atoms with Gasteiger partial charge in [-0.05, 0) is 60.3 Å². The minimum atomic E-state index is -0.0185. The van der Waals surface area contributed by atoms with Gasteiger partial charge in [0.15, 0.2) is 0 Å². The highest BCUT2D eigenvalue weighted by Crippen LogP contribution is 2.47. The Labute approximate surface area is 137 Å². The van der Waals surface area contributed by atoms with Crippen LogP contribution in [0.5, 0.6) is 0 Å². The summed E-state index contributed by atoms with van der Waals surface area (Å²) in [6.07, 6.45) is 3.89. The Bertz CT molecular complexity index is 747. The molecule has 1 heterocycles. The number of carbonyl (C=O) groups is 1. The van der Waals surface area contributed by atoms with Gasteiger partial charge < -0.3 is 5.32 Å². The number of nitrogens with one attached hydrogen (secondary N) is 1. The zero-order valence-electron chi connectivity index (χ0n) is 13.5. The van der Waals surface area contributed by atoms with E-state index in [1.54, 1.807) is 6.92 Å². The van der Waals surface area contributed by atoms with E-state index in [0.717, 1.165) is 18.8 Å². The lowest BCUT2D eigenvalue weighted by Gasteiger charge is -2.33. The molecule has 3 nitrogen and oxygen atoms in total. The van der Waals surface area contributed by atoms with Crippen molar-refractivity contribution in [3.8, 4) is 11.1 Å². The number of fused-ring (bicyclic) bond motifs is 3. The zero-order chi connectivity index (χ0) is 15.8. The van der Waals surface area contributed by atoms with Gasteiger partial charge in [0.1, 0.15) is 0 Å². The zero-order valence-corrected chi connectivity index (χ0v) is 13.5. The second kappa shape index (κ2) is 5.82. The Balaban J connectivity index is 1.80. The number of benzene rings is 2. The van der Waals surface area contributed by atoms with Crippen molar-refractivity contribution in [3.63, 3.8) is 0 Å². The summed E-state index contributed by atoms with van der Waals surface area (Å²) in [6, 6.07) is 15.4. The molecule has 2 aromatic carbocycles. The third kappa shape index (κ3) is 2.55. The van der Waals surface area contributed by atoms with Gasteiger partial charge in [-0.3, -0.25) is 9.69 Å². The van der Waals surface area contributed by atoms with Crippen LogP contribution < -0.4 is 5.32 Å². The van der Waals surface area contributed by atoms with Crippen LogP contribution in [0.15, 0.2) is 42.5 Å². The second-order valence-corrected chi connectivity index (χ2v) is 6.57. The smallest absolute Gasteiger partial charge is 0.221 e. The van der Waals surface area contributed by atoms with Crippen molar-refractivity contribution in [3.05, 3.63) is 53.6 Å². The first-order valence-corrected chi connectivity index (χ1v) is 8.49. The maximum atomic E-state index is 11.4. The van der Waals surface area contributed by atoms with E-state index in [4.69, 9.17) is 0 Å². The van der Waals surface area contributed by atoms with E-state index in [9.17, 15) is 4.79 Å². The van der Waals surface area contributed by atoms with E-state index in [0.29, 0.717) is 6.04 Å². The normalized spacial score (nSPS) is 20.0. The summed E-state index contributed by atoms with van der Waals surface area (Å²) < 4.78 is 0. The molecular weight excluding hydrogens is 284 g/mol. The Morgan fingerprint density at radius 1 is 1.00 bits per heavy atom. The standard InChI is InChI=1S/C20H22N2O/c1-14(23)21-15-9-10-17-16-7-3-4-8-18(16)20(19(17)13-15)22-11-5-2-6-12-22/h3-4,7-10,13,20H,2,5-6,11-12H2,1H3,(H,21,23)/t20-/m1/s1. The van der Waals surface area contributed by atoms with Crippen LogP contribution in [0.4, 0.5) is 5.69 Å². The van der Waals surface area contributed by atoms with Crippen molar-refractivity contribution in [1.29, 1.82) is 0 Å². The maximum absolute atomic E-state index is 11.4. The van der Waals surface area contributed by atoms with Crippen molar-refractivity contribution in [2.45, 2.75) is 32.2 Å². The van der Waals surface area contributed by atoms with Crippen LogP contribution in [0, 0.1) is 0 Å². The SMILES string of the molecule is CC(=O)Nc1ccc2c(c1)[C@H](N1CCCCC1)c1ccccc1-2. The van der Waals surface area contributed by atoms with Crippen molar-refractivity contribution in [1.82, 2.24) is 4.90 Å². The first-order valence-electron chi connectivity index (χ1n) is 8.49. The van der Waals surface area contributed by atoms with Crippen molar-refractivity contribution < 1.29 is 4.79 Å². The van der Waals surface area contributed by atoms with E-state index < -0.39 is 0 Å². The molecule has 1 aliphatic carbocycles. The van der Waals surface area contributed by atoms with E-state index in [1.807, 2.05) is 6.07 Å². The Morgan fingerprint density at radius 2 is 1.74 bits per heavy atom. The Kier molecular flexibility index (Phi) is 3.66. The molecule has 0 spiro atoms. The maximum Gasteiger partial charge on any atom is 0.221 e. The number of anilines is 1. The number of nitrogens with zero attached hydrogens (tertiary/aromatic N) is 1. The lowest BCUT2D eigenvalue weighted by atomic mass is 10.00. The highest BCUT2D eigenvalue weighted by Gasteiger charge is 2.33. The molecule has 1 aliphatic heterocycles. The van der Waals surface area contributed by atoms with Crippen LogP contribution in [-0.4, -0.2) is 23.9 Å². The molecule has 0 aromatic heterocycles. The fourth-order valence-electron chi connectivity index (χ4n) is 4.03. The average Bonchev–Trinajstić information content (AvgIpc) is 2.88. The van der Waals surface area contributed by atoms with Crippen molar-refractivity contribution >= 4 is 11.6 Å². The van der Waals surface area contributed by atoms with Gasteiger partial charge in [0.25, 0.3) is 0 Å².